The van der Waals surface area contributed by atoms with Crippen molar-refractivity contribution in [2.24, 2.45) is 5.41 Å². The molecule has 0 aromatic rings. The summed E-state index contributed by atoms with van der Waals surface area (Å²) in [5.74, 6) is 0. The molecule has 0 aromatic carbocycles. The fraction of sp³-hybridized carbons (Fsp3) is 1.00. The van der Waals surface area contributed by atoms with Crippen molar-refractivity contribution in [3.8, 4) is 0 Å². The van der Waals surface area contributed by atoms with Gasteiger partial charge in [-0.3, -0.25) is 0 Å². The number of methoxy groups -OCH3 is 1. The summed E-state index contributed by atoms with van der Waals surface area (Å²) < 4.78 is 5.79. The third-order valence-corrected chi connectivity index (χ3v) is 5.54. The topological polar surface area (TPSA) is 29.5 Å². The fourth-order valence-corrected chi connectivity index (χ4v) is 3.58. The lowest BCUT2D eigenvalue weighted by molar-refractivity contribution is -0.138. The van der Waals surface area contributed by atoms with E-state index in [4.69, 9.17) is 4.74 Å². The molecule has 0 heterocycles. The number of rotatable bonds is 10. The number of unbranched alkanes of at least 4 members (excludes halogenated alkanes) is 6. The van der Waals surface area contributed by atoms with Gasteiger partial charge in [-0.2, -0.15) is 0 Å². The second kappa shape index (κ2) is 9.15. The van der Waals surface area contributed by atoms with Crippen molar-refractivity contribution >= 4 is 0 Å². The first kappa shape index (κ1) is 19.0. The Hall–Kier alpha value is -0.0800. The Morgan fingerprint density at radius 2 is 1.43 bits per heavy atom. The van der Waals surface area contributed by atoms with Crippen LogP contribution in [-0.2, 0) is 4.74 Å². The van der Waals surface area contributed by atoms with Crippen molar-refractivity contribution in [3.63, 3.8) is 0 Å². The Labute approximate surface area is 132 Å². The molecule has 126 valence electrons. The normalized spacial score (nSPS) is 22.1. The number of hydrogen-bond acceptors (Lipinski definition) is 2. The quantitative estimate of drug-likeness (QED) is 0.542. The molecular formula is C19H38O2. The molecule has 1 fully saturated rings. The van der Waals surface area contributed by atoms with Crippen molar-refractivity contribution in [1.29, 1.82) is 0 Å². The van der Waals surface area contributed by atoms with Crippen LogP contribution >= 0.6 is 0 Å². The van der Waals surface area contributed by atoms with Gasteiger partial charge in [0.1, 0.15) is 0 Å². The first-order chi connectivity index (χ1) is 9.96. The Morgan fingerprint density at radius 1 is 0.905 bits per heavy atom. The van der Waals surface area contributed by atoms with Gasteiger partial charge in [0.25, 0.3) is 0 Å². The lowest BCUT2D eigenvalue weighted by Gasteiger charge is -2.45. The highest BCUT2D eigenvalue weighted by atomic mass is 16.5. The smallest absolute Gasteiger partial charge is 0.0936 e. The summed E-state index contributed by atoms with van der Waals surface area (Å²) in [6.07, 6.45) is 14.1. The molecule has 1 saturated carbocycles. The Kier molecular flexibility index (Phi) is 8.26. The van der Waals surface area contributed by atoms with Gasteiger partial charge in [0.05, 0.1) is 11.7 Å². The highest BCUT2D eigenvalue weighted by Gasteiger charge is 2.43. The molecule has 0 saturated heterocycles. The minimum atomic E-state index is -0.283. The van der Waals surface area contributed by atoms with E-state index in [1.165, 1.54) is 38.5 Å². The van der Waals surface area contributed by atoms with Crippen LogP contribution in [0.15, 0.2) is 0 Å². The van der Waals surface area contributed by atoms with Crippen molar-refractivity contribution in [1.82, 2.24) is 0 Å². The van der Waals surface area contributed by atoms with Gasteiger partial charge in [0.2, 0.25) is 0 Å². The highest BCUT2D eigenvalue weighted by Crippen LogP contribution is 2.44. The maximum absolute atomic E-state index is 10.6. The summed E-state index contributed by atoms with van der Waals surface area (Å²) in [7, 11) is 1.78. The number of hydrogen-bond donors (Lipinski definition) is 1. The van der Waals surface area contributed by atoms with Crippen LogP contribution in [0.1, 0.15) is 97.8 Å². The molecule has 0 spiro atoms. The van der Waals surface area contributed by atoms with E-state index in [0.717, 1.165) is 38.5 Å². The monoisotopic (exact) mass is 298 g/mol. The summed E-state index contributed by atoms with van der Waals surface area (Å²) in [6.45, 7) is 6.91. The van der Waals surface area contributed by atoms with Crippen LogP contribution in [-0.4, -0.2) is 23.9 Å². The molecule has 0 aliphatic heterocycles. The summed E-state index contributed by atoms with van der Waals surface area (Å²) in [5.41, 5.74) is 0.152. The van der Waals surface area contributed by atoms with Crippen LogP contribution in [0, 0.1) is 5.41 Å². The van der Waals surface area contributed by atoms with E-state index >= 15 is 0 Å². The molecule has 0 aromatic heterocycles. The molecule has 2 nitrogen and oxygen atoms in total. The minimum Gasteiger partial charge on any atom is -0.390 e. The Bertz CT molecular complexity index is 263. The van der Waals surface area contributed by atoms with Gasteiger partial charge in [-0.25, -0.2) is 0 Å². The van der Waals surface area contributed by atoms with Gasteiger partial charge in [0, 0.05) is 7.11 Å². The van der Waals surface area contributed by atoms with E-state index in [1.807, 2.05) is 0 Å². The predicted octanol–water partition coefficient (Wildman–Crippen LogP) is 5.47. The van der Waals surface area contributed by atoms with E-state index in [2.05, 4.69) is 20.8 Å². The molecule has 0 radical (unpaired) electrons. The van der Waals surface area contributed by atoms with Crippen LogP contribution in [0.2, 0.25) is 0 Å². The number of aliphatic hydroxyl groups excluding tert-OH is 1. The molecular weight excluding hydrogens is 260 g/mol. The number of aliphatic hydroxyl groups is 1. The molecule has 2 heteroatoms. The molecule has 0 amide bonds. The van der Waals surface area contributed by atoms with Crippen molar-refractivity contribution in [2.75, 3.05) is 7.11 Å². The van der Waals surface area contributed by atoms with E-state index in [0.29, 0.717) is 5.41 Å². The minimum absolute atomic E-state index is 0.266. The van der Waals surface area contributed by atoms with Gasteiger partial charge >= 0.3 is 0 Å². The average molecular weight is 299 g/mol. The first-order valence-electron chi connectivity index (χ1n) is 9.19. The summed E-state index contributed by atoms with van der Waals surface area (Å²) >= 11 is 0. The van der Waals surface area contributed by atoms with Gasteiger partial charge in [0.15, 0.2) is 0 Å². The fourth-order valence-electron chi connectivity index (χ4n) is 3.58. The van der Waals surface area contributed by atoms with Crippen LogP contribution < -0.4 is 0 Å². The van der Waals surface area contributed by atoms with Gasteiger partial charge < -0.3 is 9.84 Å². The predicted molar refractivity (Wildman–Crippen MR) is 90.6 cm³/mol. The third-order valence-electron chi connectivity index (χ3n) is 5.54. The van der Waals surface area contributed by atoms with Gasteiger partial charge in [-0.15, -0.1) is 0 Å². The lowest BCUT2D eigenvalue weighted by Crippen LogP contribution is -2.48. The van der Waals surface area contributed by atoms with Crippen molar-refractivity contribution in [2.45, 2.75) is 110 Å². The number of ether oxygens (including phenoxy) is 1. The van der Waals surface area contributed by atoms with Crippen LogP contribution in [0.4, 0.5) is 0 Å². The molecule has 1 aliphatic rings. The molecule has 1 N–H and O–H groups in total. The molecule has 1 rings (SSSR count). The third kappa shape index (κ3) is 6.28. The second-order valence-corrected chi connectivity index (χ2v) is 7.86. The standard InChI is InChI=1S/C19H38O2/c1-5-6-7-8-9-10-11-12-17(20)19(21-4)15-13-18(2,3)14-16-19/h17,20H,5-16H2,1-4H3. The Morgan fingerprint density at radius 3 is 1.95 bits per heavy atom. The largest absolute Gasteiger partial charge is 0.390 e. The molecule has 0 bridgehead atoms. The zero-order chi connectivity index (χ0) is 15.8. The van der Waals surface area contributed by atoms with E-state index in [1.54, 1.807) is 7.11 Å². The van der Waals surface area contributed by atoms with Crippen molar-refractivity contribution < 1.29 is 9.84 Å². The maximum atomic E-state index is 10.6. The summed E-state index contributed by atoms with van der Waals surface area (Å²) in [6, 6.07) is 0. The molecule has 1 unspecified atom stereocenters. The maximum Gasteiger partial charge on any atom is 0.0936 e. The molecule has 21 heavy (non-hydrogen) atoms. The van der Waals surface area contributed by atoms with E-state index in [-0.39, 0.29) is 11.7 Å². The average Bonchev–Trinajstić information content (AvgIpc) is 2.47. The van der Waals surface area contributed by atoms with Gasteiger partial charge in [-0.1, -0.05) is 65.7 Å². The zero-order valence-electron chi connectivity index (χ0n) is 14.9. The summed E-state index contributed by atoms with van der Waals surface area (Å²) in [4.78, 5) is 0. The van der Waals surface area contributed by atoms with Gasteiger partial charge in [-0.05, 0) is 37.5 Å². The SMILES string of the molecule is CCCCCCCCCC(O)C1(OC)CCC(C)(C)CC1. The second-order valence-electron chi connectivity index (χ2n) is 7.86. The van der Waals surface area contributed by atoms with Crippen LogP contribution in [0.3, 0.4) is 0 Å². The molecule has 1 atom stereocenters. The van der Waals surface area contributed by atoms with Crippen LogP contribution in [0.25, 0.3) is 0 Å². The molecule has 1 aliphatic carbocycles. The first-order valence-corrected chi connectivity index (χ1v) is 9.19. The lowest BCUT2D eigenvalue weighted by atomic mass is 9.68. The van der Waals surface area contributed by atoms with E-state index < -0.39 is 0 Å². The van der Waals surface area contributed by atoms with Crippen molar-refractivity contribution in [3.05, 3.63) is 0 Å². The highest BCUT2D eigenvalue weighted by molar-refractivity contribution is 4.95. The zero-order valence-corrected chi connectivity index (χ0v) is 14.9. The summed E-state index contributed by atoms with van der Waals surface area (Å²) in [5, 5.41) is 10.6. The van der Waals surface area contributed by atoms with E-state index in [9.17, 15) is 5.11 Å². The van der Waals surface area contributed by atoms with Crippen LogP contribution in [0.5, 0.6) is 0 Å². The Balaban J connectivity index is 2.24.